The predicted octanol–water partition coefficient (Wildman–Crippen LogP) is 3.23. The molecule has 152 valence electrons. The first kappa shape index (κ1) is 20.7. The number of imidazole rings is 1. The van der Waals surface area contributed by atoms with Crippen LogP contribution in [0.1, 0.15) is 43.7 Å². The molecule has 8 nitrogen and oxygen atoms in total. The van der Waals surface area contributed by atoms with E-state index in [0.717, 1.165) is 24.1 Å². The van der Waals surface area contributed by atoms with Crippen LogP contribution in [0, 0.1) is 11.3 Å². The highest BCUT2D eigenvalue weighted by atomic mass is 16.2. The van der Waals surface area contributed by atoms with Gasteiger partial charge >= 0.3 is 5.69 Å². The molecular formula is C22H22N6O2. The zero-order valence-corrected chi connectivity index (χ0v) is 16.8. The van der Waals surface area contributed by atoms with Crippen molar-refractivity contribution in [1.29, 1.82) is 5.26 Å². The summed E-state index contributed by atoms with van der Waals surface area (Å²) in [4.78, 5) is 31.9. The number of nitrogens with zero attached hydrogens (tertiary/aromatic N) is 4. The van der Waals surface area contributed by atoms with Gasteiger partial charge in [-0.25, -0.2) is 14.3 Å². The van der Waals surface area contributed by atoms with Gasteiger partial charge in [0.05, 0.1) is 22.9 Å². The third-order valence-corrected chi connectivity index (χ3v) is 4.40. The fourth-order valence-electron chi connectivity index (χ4n) is 2.88. The van der Waals surface area contributed by atoms with Crippen LogP contribution in [0.5, 0.6) is 0 Å². The minimum absolute atomic E-state index is 0.349. The molecule has 0 amide bonds. The number of rotatable bonds is 2. The van der Waals surface area contributed by atoms with Crippen molar-refractivity contribution in [3.63, 3.8) is 0 Å². The number of fused-ring (bicyclic) bond motifs is 1. The van der Waals surface area contributed by atoms with Gasteiger partial charge in [-0.05, 0) is 37.0 Å². The average Bonchev–Trinajstić information content (AvgIpc) is 3.52. The van der Waals surface area contributed by atoms with E-state index in [0.29, 0.717) is 22.7 Å². The molecule has 3 heterocycles. The quantitative estimate of drug-likeness (QED) is 0.533. The van der Waals surface area contributed by atoms with Crippen LogP contribution >= 0.6 is 0 Å². The molecule has 0 saturated heterocycles. The summed E-state index contributed by atoms with van der Waals surface area (Å²) in [6.07, 6.45) is 7.10. The summed E-state index contributed by atoms with van der Waals surface area (Å²) in [5, 5.41) is 12.7. The first-order chi connectivity index (χ1) is 14.7. The van der Waals surface area contributed by atoms with Gasteiger partial charge in [0.2, 0.25) is 0 Å². The van der Waals surface area contributed by atoms with Crippen molar-refractivity contribution in [2.75, 3.05) is 0 Å². The molecule has 5 rings (SSSR count). The van der Waals surface area contributed by atoms with E-state index in [1.807, 2.05) is 44.2 Å². The molecular weight excluding hydrogens is 380 g/mol. The zero-order valence-electron chi connectivity index (χ0n) is 16.8. The highest BCUT2D eigenvalue weighted by molar-refractivity contribution is 5.62. The van der Waals surface area contributed by atoms with Crippen LogP contribution in [-0.2, 0) is 0 Å². The van der Waals surface area contributed by atoms with Gasteiger partial charge in [-0.2, -0.15) is 10.4 Å². The number of aromatic nitrogens is 5. The predicted molar refractivity (Wildman–Crippen MR) is 114 cm³/mol. The lowest BCUT2D eigenvalue weighted by Gasteiger charge is -2.05. The van der Waals surface area contributed by atoms with Crippen molar-refractivity contribution in [3.8, 4) is 17.3 Å². The maximum atomic E-state index is 11.9. The molecule has 1 aliphatic carbocycles. The van der Waals surface area contributed by atoms with Gasteiger partial charge in [-0.15, -0.1) is 0 Å². The molecule has 1 aliphatic rings. The average molecular weight is 402 g/mol. The lowest BCUT2D eigenvalue weighted by Crippen LogP contribution is -2.23. The number of nitrogens with one attached hydrogen (secondary N) is 2. The van der Waals surface area contributed by atoms with Crippen molar-refractivity contribution in [3.05, 3.63) is 87.0 Å². The third-order valence-electron chi connectivity index (χ3n) is 4.40. The van der Waals surface area contributed by atoms with Gasteiger partial charge in [0.1, 0.15) is 0 Å². The van der Waals surface area contributed by atoms with Gasteiger partial charge in [0.15, 0.2) is 5.65 Å². The van der Waals surface area contributed by atoms with Gasteiger partial charge in [0.25, 0.3) is 5.56 Å². The number of hydrogen-bond acceptors (Lipinski definition) is 5. The molecule has 8 heteroatoms. The van der Waals surface area contributed by atoms with Crippen molar-refractivity contribution in [1.82, 2.24) is 24.6 Å². The normalized spacial score (nSPS) is 12.2. The van der Waals surface area contributed by atoms with E-state index in [9.17, 15) is 9.59 Å². The number of hydrogen-bond donors (Lipinski definition) is 2. The van der Waals surface area contributed by atoms with E-state index >= 15 is 0 Å². The second-order valence-electron chi connectivity index (χ2n) is 6.42. The van der Waals surface area contributed by atoms with Crippen LogP contribution in [0.15, 0.2) is 64.6 Å². The molecule has 30 heavy (non-hydrogen) atoms. The Bertz CT molecular complexity index is 1280. The van der Waals surface area contributed by atoms with Crippen molar-refractivity contribution >= 4 is 5.65 Å². The second kappa shape index (κ2) is 9.47. The summed E-state index contributed by atoms with van der Waals surface area (Å²) in [5.74, 6) is 0.489. The van der Waals surface area contributed by atoms with E-state index in [4.69, 9.17) is 5.26 Å². The molecule has 0 bridgehead atoms. The lowest BCUT2D eigenvalue weighted by atomic mass is 10.1. The summed E-state index contributed by atoms with van der Waals surface area (Å²) >= 11 is 0. The fourth-order valence-corrected chi connectivity index (χ4v) is 2.88. The van der Waals surface area contributed by atoms with Crippen molar-refractivity contribution < 1.29 is 0 Å². The van der Waals surface area contributed by atoms with Crippen LogP contribution in [0.3, 0.4) is 0 Å². The molecule has 1 aromatic carbocycles. The highest BCUT2D eigenvalue weighted by Gasteiger charge is 2.27. The summed E-state index contributed by atoms with van der Waals surface area (Å²) < 4.78 is 1.67. The maximum absolute atomic E-state index is 11.9. The molecule has 1 fully saturated rings. The monoisotopic (exact) mass is 402 g/mol. The van der Waals surface area contributed by atoms with E-state index in [-0.39, 0.29) is 0 Å². The first-order valence-electron chi connectivity index (χ1n) is 9.77. The SMILES string of the molecule is CC.N#Cc1ccccc1.O=c1[nH]cc(-c2cc(C3CC3)c3nccn3n2)c(=O)[nH]1. The molecule has 2 N–H and O–H groups in total. The highest BCUT2D eigenvalue weighted by Crippen LogP contribution is 2.42. The topological polar surface area (TPSA) is 120 Å². The van der Waals surface area contributed by atoms with Gasteiger partial charge in [-0.1, -0.05) is 32.0 Å². The standard InChI is InChI=1S/C13H11N5O2.C7H5N.C2H6/c19-12-9(6-15-13(20)16-12)10-5-8(7-1-2-7)11-14-3-4-18(11)17-10;8-6-7-4-2-1-3-5-7;1-2/h3-7H,1-2H2,(H2,15,16,19,20);1-5H;1-2H3. The van der Waals surface area contributed by atoms with Crippen LogP contribution in [-0.4, -0.2) is 24.6 Å². The number of benzene rings is 1. The Balaban J connectivity index is 0.000000216. The molecule has 4 aromatic rings. The third kappa shape index (κ3) is 4.70. The second-order valence-corrected chi connectivity index (χ2v) is 6.42. The van der Waals surface area contributed by atoms with E-state index in [1.165, 1.54) is 6.20 Å². The van der Waals surface area contributed by atoms with E-state index < -0.39 is 11.2 Å². The Morgan fingerprint density at radius 3 is 2.50 bits per heavy atom. The largest absolute Gasteiger partial charge is 0.325 e. The Labute approximate surface area is 172 Å². The molecule has 1 saturated carbocycles. The van der Waals surface area contributed by atoms with Crippen molar-refractivity contribution in [2.24, 2.45) is 0 Å². The van der Waals surface area contributed by atoms with E-state index in [2.05, 4.69) is 20.1 Å². The van der Waals surface area contributed by atoms with E-state index in [1.54, 1.807) is 29.0 Å². The first-order valence-corrected chi connectivity index (χ1v) is 9.77. The molecule has 0 radical (unpaired) electrons. The Kier molecular flexibility index (Phi) is 6.55. The molecule has 0 unspecified atom stereocenters. The van der Waals surface area contributed by atoms with Crippen LogP contribution in [0.2, 0.25) is 0 Å². The molecule has 3 aromatic heterocycles. The van der Waals surface area contributed by atoms with Crippen LogP contribution in [0.4, 0.5) is 0 Å². The Morgan fingerprint density at radius 2 is 1.90 bits per heavy atom. The number of H-pyrrole nitrogens is 2. The minimum Gasteiger partial charge on any atom is -0.313 e. The molecule has 0 spiro atoms. The number of aromatic amines is 2. The molecule has 0 atom stereocenters. The summed E-state index contributed by atoms with van der Waals surface area (Å²) in [6, 6.07) is 13.1. The zero-order chi connectivity index (χ0) is 21.5. The van der Waals surface area contributed by atoms with Gasteiger partial charge in [-0.3, -0.25) is 9.78 Å². The number of nitriles is 1. The smallest absolute Gasteiger partial charge is 0.313 e. The van der Waals surface area contributed by atoms with Crippen molar-refractivity contribution in [2.45, 2.75) is 32.6 Å². The summed E-state index contributed by atoms with van der Waals surface area (Å²) in [5.41, 5.74) is 2.57. The van der Waals surface area contributed by atoms with Crippen LogP contribution < -0.4 is 11.2 Å². The fraction of sp³-hybridized carbons (Fsp3) is 0.227. The molecule has 0 aliphatic heterocycles. The van der Waals surface area contributed by atoms with Gasteiger partial charge < -0.3 is 4.98 Å². The summed E-state index contributed by atoms with van der Waals surface area (Å²) in [6.45, 7) is 4.00. The lowest BCUT2D eigenvalue weighted by molar-refractivity contribution is 0.913. The minimum atomic E-state index is -0.523. The Morgan fingerprint density at radius 1 is 1.17 bits per heavy atom. The summed E-state index contributed by atoms with van der Waals surface area (Å²) in [7, 11) is 0. The van der Waals surface area contributed by atoms with Crippen LogP contribution in [0.25, 0.3) is 16.9 Å². The Hall–Kier alpha value is -3.99. The van der Waals surface area contributed by atoms with Gasteiger partial charge in [0, 0.05) is 24.2 Å². The maximum Gasteiger partial charge on any atom is 0.325 e.